The van der Waals surface area contributed by atoms with Crippen LogP contribution in [0.4, 0.5) is 0 Å². The van der Waals surface area contributed by atoms with Gasteiger partial charge in [-0.25, -0.2) is 0 Å². The van der Waals surface area contributed by atoms with E-state index in [0.29, 0.717) is 0 Å². The van der Waals surface area contributed by atoms with Crippen molar-refractivity contribution < 1.29 is 19.4 Å². The normalized spacial score (nSPS) is 20.4. The summed E-state index contributed by atoms with van der Waals surface area (Å²) in [5.41, 5.74) is 1.94. The van der Waals surface area contributed by atoms with Crippen LogP contribution >= 0.6 is 24.8 Å². The van der Waals surface area contributed by atoms with E-state index < -0.39 is 11.9 Å². The quantitative estimate of drug-likeness (QED) is 0.415. The second-order valence-corrected chi connectivity index (χ2v) is 8.75. The number of carboxylic acid groups (broad SMARTS) is 1. The van der Waals surface area contributed by atoms with Crippen LogP contribution in [0, 0.1) is 0 Å². The molecule has 0 spiro atoms. The second kappa shape index (κ2) is 18.2. The van der Waals surface area contributed by atoms with E-state index in [-0.39, 0.29) is 56.2 Å². The number of rotatable bonds is 6. The first-order chi connectivity index (χ1) is 16.1. The second-order valence-electron chi connectivity index (χ2n) is 8.75. The van der Waals surface area contributed by atoms with E-state index in [4.69, 9.17) is 4.74 Å². The van der Waals surface area contributed by atoms with Gasteiger partial charge in [-0.1, -0.05) is 80.9 Å². The van der Waals surface area contributed by atoms with E-state index in [2.05, 4.69) is 10.6 Å². The van der Waals surface area contributed by atoms with Gasteiger partial charge in [0.2, 0.25) is 0 Å². The molecule has 8 heteroatoms. The summed E-state index contributed by atoms with van der Waals surface area (Å²) in [5.74, 6) is -1.47. The molecule has 36 heavy (non-hydrogen) atoms. The molecule has 4 rings (SSSR count). The van der Waals surface area contributed by atoms with Crippen molar-refractivity contribution in [2.45, 2.75) is 69.9 Å². The van der Waals surface area contributed by atoms with Gasteiger partial charge in [-0.3, -0.25) is 9.59 Å². The number of methoxy groups -OCH3 is 1. The van der Waals surface area contributed by atoms with Crippen molar-refractivity contribution in [3.05, 3.63) is 71.8 Å². The van der Waals surface area contributed by atoms with E-state index >= 15 is 0 Å². The summed E-state index contributed by atoms with van der Waals surface area (Å²) >= 11 is 0. The van der Waals surface area contributed by atoms with Gasteiger partial charge in [0.15, 0.2) is 0 Å². The first-order valence-corrected chi connectivity index (χ1v) is 12.0. The minimum Gasteiger partial charge on any atom is -0.481 e. The highest BCUT2D eigenvalue weighted by molar-refractivity contribution is 5.85. The number of benzene rings is 2. The molecule has 2 heterocycles. The number of carbonyl (C=O) groups excluding carboxylic acids is 1. The molecule has 2 aromatic rings. The number of halogens is 2. The molecule has 2 aliphatic heterocycles. The van der Waals surface area contributed by atoms with Crippen LogP contribution in [-0.4, -0.2) is 49.3 Å². The van der Waals surface area contributed by atoms with Crippen LogP contribution in [0.5, 0.6) is 0 Å². The molecule has 0 saturated carbocycles. The number of ether oxygens (including phenoxy) is 1. The van der Waals surface area contributed by atoms with Gasteiger partial charge in [-0.05, 0) is 49.9 Å². The first-order valence-electron chi connectivity index (χ1n) is 12.0. The van der Waals surface area contributed by atoms with Gasteiger partial charge in [0, 0.05) is 12.1 Å². The fourth-order valence-corrected chi connectivity index (χ4v) is 4.85. The lowest BCUT2D eigenvalue weighted by Gasteiger charge is -2.29. The number of carboxylic acids is 1. The molecule has 2 saturated heterocycles. The summed E-state index contributed by atoms with van der Waals surface area (Å²) in [6, 6.07) is 19.7. The molecule has 0 bridgehead atoms. The number of hydrogen-bond donors (Lipinski definition) is 3. The van der Waals surface area contributed by atoms with Gasteiger partial charge >= 0.3 is 11.9 Å². The average Bonchev–Trinajstić information content (AvgIpc) is 2.87. The molecule has 2 fully saturated rings. The Morgan fingerprint density at radius 3 is 1.56 bits per heavy atom. The standard InChI is InChI=1S/C14H19NO2.C13H17NO2.CH4.2ClH/c1-17-14(16)13(11-7-3-2-4-8-11)12-9-5-6-10-15-12;15-13(16)12(10-6-2-1-3-7-10)11-8-4-5-9-14-11;;;/h2-4,7-8,12-13,15H,5-6,9-10H2,1H3;1-3,6-7,11-12,14H,4-5,8-9H2,(H,15,16);1H4;2*1H/t12-,13-;11-,12-;;;/m11.../s1. The van der Waals surface area contributed by atoms with Crippen molar-refractivity contribution in [1.29, 1.82) is 0 Å². The van der Waals surface area contributed by atoms with Crippen LogP contribution in [0.2, 0.25) is 0 Å². The summed E-state index contributed by atoms with van der Waals surface area (Å²) in [6.45, 7) is 1.92. The fourth-order valence-electron chi connectivity index (χ4n) is 4.85. The number of esters is 1. The molecule has 4 atom stereocenters. The van der Waals surface area contributed by atoms with E-state index in [0.717, 1.165) is 49.9 Å². The third-order valence-electron chi connectivity index (χ3n) is 6.54. The predicted molar refractivity (Wildman–Crippen MR) is 151 cm³/mol. The average molecular weight is 542 g/mol. The molecule has 3 N–H and O–H groups in total. The first kappa shape index (κ1) is 33.9. The Bertz CT molecular complexity index is 858. The molecule has 202 valence electrons. The van der Waals surface area contributed by atoms with Gasteiger partial charge in [-0.2, -0.15) is 0 Å². The van der Waals surface area contributed by atoms with Crippen molar-refractivity contribution in [3.8, 4) is 0 Å². The van der Waals surface area contributed by atoms with Crippen molar-refractivity contribution in [1.82, 2.24) is 10.6 Å². The molecule has 6 nitrogen and oxygen atoms in total. The van der Waals surface area contributed by atoms with Crippen LogP contribution in [0.3, 0.4) is 0 Å². The van der Waals surface area contributed by atoms with E-state index in [1.807, 2.05) is 60.7 Å². The molecule has 0 radical (unpaired) electrons. The smallest absolute Gasteiger partial charge is 0.314 e. The molecule has 2 aromatic carbocycles. The predicted octanol–water partition coefficient (Wildman–Crippen LogP) is 5.56. The maximum atomic E-state index is 11.9. The highest BCUT2D eigenvalue weighted by Crippen LogP contribution is 2.27. The maximum Gasteiger partial charge on any atom is 0.314 e. The number of piperidine rings is 2. The number of carbonyl (C=O) groups is 2. The molecule has 2 aliphatic rings. The Morgan fingerprint density at radius 1 is 0.778 bits per heavy atom. The number of aliphatic carboxylic acids is 1. The summed E-state index contributed by atoms with van der Waals surface area (Å²) < 4.78 is 4.94. The van der Waals surface area contributed by atoms with Gasteiger partial charge in [0.05, 0.1) is 18.9 Å². The molecule has 0 aromatic heterocycles. The Hall–Kier alpha value is -2.12. The monoisotopic (exact) mass is 540 g/mol. The Labute approximate surface area is 228 Å². The van der Waals surface area contributed by atoms with Gasteiger partial charge in [0.1, 0.15) is 0 Å². The molecule has 0 unspecified atom stereocenters. The zero-order chi connectivity index (χ0) is 23.5. The topological polar surface area (TPSA) is 87.7 Å². The Balaban J connectivity index is 0.000000629. The van der Waals surface area contributed by atoms with Gasteiger partial charge in [-0.15, -0.1) is 24.8 Å². The van der Waals surface area contributed by atoms with Gasteiger partial charge in [0.25, 0.3) is 0 Å². The number of nitrogens with one attached hydrogen (secondary N) is 2. The van der Waals surface area contributed by atoms with Crippen LogP contribution in [-0.2, 0) is 14.3 Å². The van der Waals surface area contributed by atoms with Crippen LogP contribution < -0.4 is 10.6 Å². The van der Waals surface area contributed by atoms with Crippen molar-refractivity contribution in [2.24, 2.45) is 0 Å². The molecular formula is C28H42Cl2N2O4. The largest absolute Gasteiger partial charge is 0.481 e. The highest BCUT2D eigenvalue weighted by atomic mass is 35.5. The third kappa shape index (κ3) is 9.74. The molecule has 0 amide bonds. The van der Waals surface area contributed by atoms with Crippen LogP contribution in [0.25, 0.3) is 0 Å². The van der Waals surface area contributed by atoms with Crippen molar-refractivity contribution in [3.63, 3.8) is 0 Å². The van der Waals surface area contributed by atoms with Crippen molar-refractivity contribution >= 4 is 36.8 Å². The summed E-state index contributed by atoms with van der Waals surface area (Å²) in [4.78, 5) is 23.3. The van der Waals surface area contributed by atoms with E-state index in [1.54, 1.807) is 0 Å². The molecular weight excluding hydrogens is 499 g/mol. The van der Waals surface area contributed by atoms with Crippen molar-refractivity contribution in [2.75, 3.05) is 20.2 Å². The Kier molecular flexibility index (Phi) is 17.1. The Morgan fingerprint density at radius 2 is 1.19 bits per heavy atom. The minimum atomic E-state index is -0.731. The van der Waals surface area contributed by atoms with E-state index in [1.165, 1.54) is 20.0 Å². The zero-order valence-electron chi connectivity index (χ0n) is 20.2. The minimum absolute atomic E-state index is 0. The van der Waals surface area contributed by atoms with Crippen LogP contribution in [0.1, 0.15) is 68.9 Å². The van der Waals surface area contributed by atoms with E-state index in [9.17, 15) is 14.7 Å². The lowest BCUT2D eigenvalue weighted by molar-refractivity contribution is -0.143. The van der Waals surface area contributed by atoms with Gasteiger partial charge < -0.3 is 20.5 Å². The maximum absolute atomic E-state index is 11.9. The molecule has 0 aliphatic carbocycles. The SMILES string of the molecule is C.COC(=O)[C@H](c1ccccc1)[C@H]1CCCCN1.Cl.Cl.O=C(O)[C@H](c1ccccc1)[C@H]1CCCCN1. The fraction of sp³-hybridized carbons (Fsp3) is 0.500. The lowest BCUT2D eigenvalue weighted by atomic mass is 9.86. The third-order valence-corrected chi connectivity index (χ3v) is 6.54. The highest BCUT2D eigenvalue weighted by Gasteiger charge is 2.32. The summed E-state index contributed by atoms with van der Waals surface area (Å²) in [5, 5.41) is 16.1. The van der Waals surface area contributed by atoms with Crippen LogP contribution in [0.15, 0.2) is 60.7 Å². The lowest BCUT2D eigenvalue weighted by Crippen LogP contribution is -2.42. The number of hydrogen-bond acceptors (Lipinski definition) is 5. The zero-order valence-corrected chi connectivity index (χ0v) is 21.9. The summed E-state index contributed by atoms with van der Waals surface area (Å²) in [7, 11) is 1.46. The summed E-state index contributed by atoms with van der Waals surface area (Å²) in [6.07, 6.45) is 6.63.